The van der Waals surface area contributed by atoms with E-state index in [9.17, 15) is 14.0 Å². The summed E-state index contributed by atoms with van der Waals surface area (Å²) in [6.45, 7) is 2.24. The third-order valence-corrected chi connectivity index (χ3v) is 4.01. The number of nitrogens with zero attached hydrogens (tertiary/aromatic N) is 1. The van der Waals surface area contributed by atoms with Crippen molar-refractivity contribution in [1.82, 2.24) is 4.90 Å². The van der Waals surface area contributed by atoms with Gasteiger partial charge in [0.1, 0.15) is 5.82 Å². The number of benzene rings is 1. The van der Waals surface area contributed by atoms with Crippen LogP contribution in [0.2, 0.25) is 0 Å². The molecule has 1 N–H and O–H groups in total. The standard InChI is InChI=1S/C13H13BrFNO3/c1-7-5-16(6-9(7)13(18)19)12(17)8-3-2-4-10(14)11(8)15/h2-4,7,9H,5-6H2,1H3,(H,18,19). The molecular formula is C13H13BrFNO3. The number of likely N-dealkylation sites (tertiary alicyclic amines) is 1. The first kappa shape index (κ1) is 14.0. The Labute approximate surface area is 118 Å². The molecule has 4 nitrogen and oxygen atoms in total. The summed E-state index contributed by atoms with van der Waals surface area (Å²) in [5, 5.41) is 9.03. The molecule has 1 saturated heterocycles. The van der Waals surface area contributed by atoms with Crippen LogP contribution in [0.15, 0.2) is 22.7 Å². The van der Waals surface area contributed by atoms with Crippen molar-refractivity contribution >= 4 is 27.8 Å². The van der Waals surface area contributed by atoms with Gasteiger partial charge in [0.15, 0.2) is 0 Å². The van der Waals surface area contributed by atoms with E-state index in [1.54, 1.807) is 13.0 Å². The van der Waals surface area contributed by atoms with E-state index >= 15 is 0 Å². The maximum absolute atomic E-state index is 13.8. The van der Waals surface area contributed by atoms with Crippen molar-refractivity contribution in [2.45, 2.75) is 6.92 Å². The van der Waals surface area contributed by atoms with Crippen molar-refractivity contribution in [1.29, 1.82) is 0 Å². The van der Waals surface area contributed by atoms with Crippen LogP contribution in [0, 0.1) is 17.7 Å². The lowest BCUT2D eigenvalue weighted by Crippen LogP contribution is -2.30. The van der Waals surface area contributed by atoms with E-state index in [2.05, 4.69) is 15.9 Å². The van der Waals surface area contributed by atoms with Crippen molar-refractivity contribution in [2.24, 2.45) is 11.8 Å². The summed E-state index contributed by atoms with van der Waals surface area (Å²) < 4.78 is 14.1. The summed E-state index contributed by atoms with van der Waals surface area (Å²) in [6.07, 6.45) is 0. The monoisotopic (exact) mass is 329 g/mol. The van der Waals surface area contributed by atoms with Gasteiger partial charge in [0.25, 0.3) is 5.91 Å². The highest BCUT2D eigenvalue weighted by Crippen LogP contribution is 2.26. The highest BCUT2D eigenvalue weighted by molar-refractivity contribution is 9.10. The molecule has 6 heteroatoms. The molecule has 2 atom stereocenters. The number of amides is 1. The van der Waals surface area contributed by atoms with Crippen LogP contribution in [0.5, 0.6) is 0 Å². The zero-order valence-corrected chi connectivity index (χ0v) is 11.9. The van der Waals surface area contributed by atoms with E-state index in [1.807, 2.05) is 0 Å². The Morgan fingerprint density at radius 3 is 2.68 bits per heavy atom. The van der Waals surface area contributed by atoms with Gasteiger partial charge >= 0.3 is 5.97 Å². The van der Waals surface area contributed by atoms with E-state index < -0.39 is 23.6 Å². The van der Waals surface area contributed by atoms with E-state index in [-0.39, 0.29) is 22.5 Å². The van der Waals surface area contributed by atoms with Crippen molar-refractivity contribution < 1.29 is 19.1 Å². The SMILES string of the molecule is CC1CN(C(=O)c2cccc(Br)c2F)CC1C(=O)O. The van der Waals surface area contributed by atoms with Crippen LogP contribution >= 0.6 is 15.9 Å². The molecule has 1 amide bonds. The molecule has 0 spiro atoms. The highest BCUT2D eigenvalue weighted by Gasteiger charge is 2.37. The van der Waals surface area contributed by atoms with Gasteiger partial charge in [-0.3, -0.25) is 9.59 Å². The summed E-state index contributed by atoms with van der Waals surface area (Å²) >= 11 is 3.03. The Morgan fingerprint density at radius 1 is 1.42 bits per heavy atom. The van der Waals surface area contributed by atoms with Crippen LogP contribution in [0.4, 0.5) is 4.39 Å². The molecule has 1 heterocycles. The first-order valence-electron chi connectivity index (χ1n) is 5.88. The summed E-state index contributed by atoms with van der Waals surface area (Å²) in [4.78, 5) is 24.6. The number of carboxylic acid groups (broad SMARTS) is 1. The molecule has 1 aliphatic rings. The Kier molecular flexibility index (Phi) is 3.89. The number of carbonyl (C=O) groups excluding carboxylic acids is 1. The van der Waals surface area contributed by atoms with Crippen LogP contribution in [-0.2, 0) is 4.79 Å². The second kappa shape index (κ2) is 5.28. The molecular weight excluding hydrogens is 317 g/mol. The molecule has 0 aliphatic carbocycles. The zero-order chi connectivity index (χ0) is 14.2. The molecule has 1 aromatic rings. The molecule has 19 heavy (non-hydrogen) atoms. The van der Waals surface area contributed by atoms with Gasteiger partial charge in [-0.25, -0.2) is 4.39 Å². The molecule has 2 unspecified atom stereocenters. The predicted molar refractivity (Wildman–Crippen MR) is 70.3 cm³/mol. The first-order valence-corrected chi connectivity index (χ1v) is 6.67. The van der Waals surface area contributed by atoms with Crippen molar-refractivity contribution in [3.63, 3.8) is 0 Å². The molecule has 0 aromatic heterocycles. The smallest absolute Gasteiger partial charge is 0.308 e. The van der Waals surface area contributed by atoms with Crippen LogP contribution in [-0.4, -0.2) is 35.0 Å². The first-order chi connectivity index (χ1) is 8.91. The Balaban J connectivity index is 2.22. The summed E-state index contributed by atoms with van der Waals surface area (Å²) in [5.74, 6) is -2.71. The number of aliphatic carboxylic acids is 1. The number of halogens is 2. The Morgan fingerprint density at radius 2 is 2.11 bits per heavy atom. The van der Waals surface area contributed by atoms with Crippen LogP contribution in [0.25, 0.3) is 0 Å². The fourth-order valence-electron chi connectivity index (χ4n) is 2.29. The molecule has 1 aromatic carbocycles. The Hall–Kier alpha value is -1.43. The quantitative estimate of drug-likeness (QED) is 0.906. The minimum atomic E-state index is -0.919. The second-order valence-corrected chi connectivity index (χ2v) is 5.59. The van der Waals surface area contributed by atoms with Crippen molar-refractivity contribution in [3.05, 3.63) is 34.1 Å². The lowest BCUT2D eigenvalue weighted by atomic mass is 9.99. The van der Waals surface area contributed by atoms with Gasteiger partial charge in [0.2, 0.25) is 0 Å². The number of carboxylic acids is 1. The number of carbonyl (C=O) groups is 2. The average Bonchev–Trinajstić information content (AvgIpc) is 2.74. The van der Waals surface area contributed by atoms with Crippen LogP contribution in [0.1, 0.15) is 17.3 Å². The molecule has 0 bridgehead atoms. The number of hydrogen-bond donors (Lipinski definition) is 1. The average molecular weight is 330 g/mol. The maximum Gasteiger partial charge on any atom is 0.308 e. The van der Waals surface area contributed by atoms with E-state index in [0.717, 1.165) is 0 Å². The summed E-state index contributed by atoms with van der Waals surface area (Å²) in [5.41, 5.74) is -0.0346. The minimum Gasteiger partial charge on any atom is -0.481 e. The molecule has 102 valence electrons. The topological polar surface area (TPSA) is 57.6 Å². The fraction of sp³-hybridized carbons (Fsp3) is 0.385. The molecule has 0 radical (unpaired) electrons. The third kappa shape index (κ3) is 2.63. The van der Waals surface area contributed by atoms with Crippen molar-refractivity contribution in [2.75, 3.05) is 13.1 Å². The van der Waals surface area contributed by atoms with E-state index in [4.69, 9.17) is 5.11 Å². The van der Waals surface area contributed by atoms with Crippen LogP contribution < -0.4 is 0 Å². The van der Waals surface area contributed by atoms with Gasteiger partial charge in [-0.15, -0.1) is 0 Å². The zero-order valence-electron chi connectivity index (χ0n) is 10.3. The normalized spacial score (nSPS) is 22.6. The molecule has 1 fully saturated rings. The third-order valence-electron chi connectivity index (χ3n) is 3.40. The predicted octanol–water partition coefficient (Wildman–Crippen LogP) is 2.38. The van der Waals surface area contributed by atoms with Gasteiger partial charge in [0.05, 0.1) is 16.0 Å². The van der Waals surface area contributed by atoms with Gasteiger partial charge in [-0.1, -0.05) is 13.0 Å². The summed E-state index contributed by atoms with van der Waals surface area (Å²) in [7, 11) is 0. The Bertz CT molecular complexity index is 535. The summed E-state index contributed by atoms with van der Waals surface area (Å²) in [6, 6.07) is 4.49. The second-order valence-electron chi connectivity index (χ2n) is 4.73. The van der Waals surface area contributed by atoms with Gasteiger partial charge in [-0.2, -0.15) is 0 Å². The fourth-order valence-corrected chi connectivity index (χ4v) is 2.66. The van der Waals surface area contributed by atoms with Gasteiger partial charge < -0.3 is 10.0 Å². The largest absolute Gasteiger partial charge is 0.481 e. The van der Waals surface area contributed by atoms with E-state index in [0.29, 0.717) is 6.54 Å². The van der Waals surface area contributed by atoms with Crippen molar-refractivity contribution in [3.8, 4) is 0 Å². The minimum absolute atomic E-state index is 0.0346. The van der Waals surface area contributed by atoms with E-state index in [1.165, 1.54) is 17.0 Å². The molecule has 0 saturated carbocycles. The lowest BCUT2D eigenvalue weighted by molar-refractivity contribution is -0.142. The van der Waals surface area contributed by atoms with Gasteiger partial charge in [0, 0.05) is 13.1 Å². The molecule has 1 aliphatic heterocycles. The number of hydrogen-bond acceptors (Lipinski definition) is 2. The maximum atomic E-state index is 13.8. The molecule has 2 rings (SSSR count). The number of rotatable bonds is 2. The van der Waals surface area contributed by atoms with Crippen LogP contribution in [0.3, 0.4) is 0 Å². The highest BCUT2D eigenvalue weighted by atomic mass is 79.9. The lowest BCUT2D eigenvalue weighted by Gasteiger charge is -2.16. The van der Waals surface area contributed by atoms with Gasteiger partial charge in [-0.05, 0) is 34.0 Å².